The fourth-order valence-corrected chi connectivity index (χ4v) is 0.950. The van der Waals surface area contributed by atoms with Crippen LogP contribution in [-0.4, -0.2) is 25.8 Å². The van der Waals surface area contributed by atoms with Crippen molar-refractivity contribution in [2.45, 2.75) is 6.32 Å². The molecule has 0 aromatic heterocycles. The molecule has 13 heavy (non-hydrogen) atoms. The molecular weight excluding hydrogens is 306 g/mol. The van der Waals surface area contributed by atoms with Gasteiger partial charge in [-0.1, -0.05) is 24.2 Å². The number of rotatable bonds is 1. The summed E-state index contributed by atoms with van der Waals surface area (Å²) in [5, 5.41) is 0. The summed E-state index contributed by atoms with van der Waals surface area (Å²) in [6.07, 6.45) is 7.56. The largest absolute Gasteiger partial charge is 3.00 e. The molecule has 0 unspecified atom stereocenters. The van der Waals surface area contributed by atoms with Gasteiger partial charge in [-0.2, -0.15) is 0 Å². The van der Waals surface area contributed by atoms with E-state index in [1.54, 1.807) is 0 Å². The van der Waals surface area contributed by atoms with Crippen LogP contribution in [0.3, 0.4) is 0 Å². The van der Waals surface area contributed by atoms with Gasteiger partial charge in [-0.3, -0.25) is 0 Å². The zero-order valence-corrected chi connectivity index (χ0v) is 12.4. The number of allylic oxidation sites excluding steroid dienone is 3. The molecule has 0 spiro atoms. The van der Waals surface area contributed by atoms with Crippen LogP contribution in [0.5, 0.6) is 0 Å². The second kappa shape index (κ2) is 13.3. The molecule has 0 fully saturated rings. The van der Waals surface area contributed by atoms with Gasteiger partial charge in [0.2, 0.25) is 0 Å². The summed E-state index contributed by atoms with van der Waals surface area (Å²) < 4.78 is 0. The van der Waals surface area contributed by atoms with Crippen molar-refractivity contribution in [3.63, 3.8) is 0 Å². The average molecular weight is 319 g/mol. The fraction of sp³-hybridized carbons (Fsp3) is 0.429. The summed E-state index contributed by atoms with van der Waals surface area (Å²) in [6, 6.07) is 0. The zero-order valence-electron chi connectivity index (χ0n) is 7.67. The van der Waals surface area contributed by atoms with E-state index in [-0.39, 0.29) is 63.4 Å². The van der Waals surface area contributed by atoms with Crippen LogP contribution in [0.4, 0.5) is 0 Å². The quantitative estimate of drug-likeness (QED) is 0.434. The molecule has 1 rings (SSSR count). The molecule has 1 nitrogen and oxygen atoms in total. The van der Waals surface area contributed by atoms with Gasteiger partial charge < -0.3 is 42.0 Å². The standard InChI is InChI=1S/C7H12BN.3ClH.Zr/c1-9(2)8-6-4-3-5-7-8;;;;/h3-6H,7H2,1-2H3;3*1H;/q;;;;+3/p-3. The van der Waals surface area contributed by atoms with E-state index >= 15 is 0 Å². The molecule has 1 heterocycles. The second-order valence-electron chi connectivity index (χ2n) is 2.58. The van der Waals surface area contributed by atoms with Crippen LogP contribution in [0.25, 0.3) is 0 Å². The molecule has 0 aromatic rings. The third kappa shape index (κ3) is 9.56. The van der Waals surface area contributed by atoms with Crippen molar-refractivity contribution in [2.24, 2.45) is 0 Å². The third-order valence-corrected chi connectivity index (χ3v) is 1.62. The Hall–Kier alpha value is 1.26. The van der Waals surface area contributed by atoms with Crippen molar-refractivity contribution in [2.75, 3.05) is 14.1 Å². The van der Waals surface area contributed by atoms with E-state index in [0.717, 1.165) is 6.32 Å². The SMILES string of the molecule is CN(C)B1C=CC=CC1.[Cl-].[Cl-].[Cl-].[Zr+3]. The Kier molecular flexibility index (Phi) is 24.3. The maximum Gasteiger partial charge on any atom is 3.00 e. The number of hydrogen-bond acceptors (Lipinski definition) is 1. The Bertz CT molecular complexity index is 153. The van der Waals surface area contributed by atoms with Gasteiger partial charge in [0.1, 0.15) is 0 Å². The molecule has 1 aliphatic heterocycles. The van der Waals surface area contributed by atoms with E-state index in [4.69, 9.17) is 0 Å². The first kappa shape index (κ1) is 23.8. The monoisotopic (exact) mass is 316 g/mol. The summed E-state index contributed by atoms with van der Waals surface area (Å²) in [7, 11) is 4.21. The molecule has 1 aliphatic rings. The molecule has 1 radical (unpaired) electrons. The molecule has 0 aromatic carbocycles. The van der Waals surface area contributed by atoms with E-state index in [2.05, 4.69) is 43.1 Å². The fourth-order valence-electron chi connectivity index (χ4n) is 0.950. The summed E-state index contributed by atoms with van der Waals surface area (Å²) in [5.74, 6) is 2.22. The molecule has 6 heteroatoms. The van der Waals surface area contributed by atoms with Crippen molar-refractivity contribution in [3.8, 4) is 0 Å². The normalized spacial score (nSPS) is 12.1. The van der Waals surface area contributed by atoms with Gasteiger partial charge in [0.25, 0.3) is 6.85 Å². The maximum atomic E-state index is 2.22. The summed E-state index contributed by atoms with van der Waals surface area (Å²) in [5.41, 5.74) is 0. The van der Waals surface area contributed by atoms with Gasteiger partial charge in [-0.05, 0) is 20.4 Å². The Morgan fingerprint density at radius 1 is 1.08 bits per heavy atom. The Morgan fingerprint density at radius 3 is 1.85 bits per heavy atom. The van der Waals surface area contributed by atoms with Crippen molar-refractivity contribution in [1.29, 1.82) is 0 Å². The minimum atomic E-state index is 0. The van der Waals surface area contributed by atoms with Crippen LogP contribution in [0.1, 0.15) is 0 Å². The first-order valence-electron chi connectivity index (χ1n) is 3.30. The van der Waals surface area contributed by atoms with Crippen molar-refractivity contribution < 1.29 is 63.4 Å². The topological polar surface area (TPSA) is 3.24 Å². The predicted molar refractivity (Wildman–Crippen MR) is 42.5 cm³/mol. The van der Waals surface area contributed by atoms with Crippen LogP contribution in [-0.2, 0) is 26.2 Å². The van der Waals surface area contributed by atoms with Crippen LogP contribution in [0.2, 0.25) is 6.32 Å². The molecule has 0 saturated heterocycles. The Labute approximate surface area is 119 Å². The van der Waals surface area contributed by atoms with Crippen LogP contribution < -0.4 is 37.2 Å². The third-order valence-electron chi connectivity index (χ3n) is 1.62. The second-order valence-corrected chi connectivity index (χ2v) is 2.58. The van der Waals surface area contributed by atoms with Gasteiger partial charge in [0, 0.05) is 0 Å². The molecule has 0 amide bonds. The van der Waals surface area contributed by atoms with Gasteiger partial charge in [0.05, 0.1) is 0 Å². The van der Waals surface area contributed by atoms with Gasteiger partial charge in [0.15, 0.2) is 0 Å². The van der Waals surface area contributed by atoms with E-state index < -0.39 is 0 Å². The van der Waals surface area contributed by atoms with Gasteiger partial charge in [-0.25, -0.2) is 0 Å². The number of halogens is 3. The average Bonchev–Trinajstić information content (AvgIpc) is 1.90. The molecule has 0 atom stereocenters. The van der Waals surface area contributed by atoms with Crippen LogP contribution >= 0.6 is 0 Å². The molecule has 0 saturated carbocycles. The zero-order chi connectivity index (χ0) is 6.69. The number of hydrogen-bond donors (Lipinski definition) is 0. The first-order chi connectivity index (χ1) is 4.30. The summed E-state index contributed by atoms with van der Waals surface area (Å²) in [6.45, 7) is 0.620. The minimum absolute atomic E-state index is 0. The van der Waals surface area contributed by atoms with Gasteiger partial charge in [-0.15, -0.1) is 0 Å². The Balaban J connectivity index is -0.000000101. The number of nitrogens with zero attached hydrogens (tertiary/aromatic N) is 1. The molecule has 73 valence electrons. The smallest absolute Gasteiger partial charge is 1.00 e. The summed E-state index contributed by atoms with van der Waals surface area (Å²) >= 11 is 0. The first-order valence-corrected chi connectivity index (χ1v) is 3.30. The van der Waals surface area contributed by atoms with E-state index in [1.165, 1.54) is 0 Å². The molecule has 0 N–H and O–H groups in total. The minimum Gasteiger partial charge on any atom is -1.00 e. The van der Waals surface area contributed by atoms with Crippen LogP contribution in [0, 0.1) is 0 Å². The summed E-state index contributed by atoms with van der Waals surface area (Å²) in [4.78, 5) is 2.22. The maximum absolute atomic E-state index is 2.22. The Morgan fingerprint density at radius 2 is 1.62 bits per heavy atom. The van der Waals surface area contributed by atoms with Crippen molar-refractivity contribution in [1.82, 2.24) is 4.81 Å². The van der Waals surface area contributed by atoms with E-state index in [1.807, 2.05) is 0 Å². The van der Waals surface area contributed by atoms with E-state index in [9.17, 15) is 0 Å². The molecule has 0 bridgehead atoms. The molecule has 0 aliphatic carbocycles. The van der Waals surface area contributed by atoms with Crippen LogP contribution in [0.15, 0.2) is 24.2 Å². The van der Waals surface area contributed by atoms with E-state index in [0.29, 0.717) is 6.85 Å². The molecular formula is C7H12BCl3NZr. The van der Waals surface area contributed by atoms with Gasteiger partial charge >= 0.3 is 26.2 Å². The van der Waals surface area contributed by atoms with Crippen molar-refractivity contribution in [3.05, 3.63) is 24.2 Å². The predicted octanol–water partition coefficient (Wildman–Crippen LogP) is -7.79. The van der Waals surface area contributed by atoms with Crippen molar-refractivity contribution >= 4 is 6.85 Å².